The second kappa shape index (κ2) is 6.93. The molecule has 0 aliphatic carbocycles. The van der Waals surface area contributed by atoms with Gasteiger partial charge in [0.1, 0.15) is 18.2 Å². The van der Waals surface area contributed by atoms with Crippen LogP contribution in [0.2, 0.25) is 0 Å². The topological polar surface area (TPSA) is 71.9 Å². The van der Waals surface area contributed by atoms with E-state index in [0.717, 1.165) is 26.4 Å². The van der Waals surface area contributed by atoms with Gasteiger partial charge in [0, 0.05) is 24.8 Å². The van der Waals surface area contributed by atoms with Crippen molar-refractivity contribution in [3.05, 3.63) is 42.0 Å². The number of phenolic OH excluding ortho intramolecular Hbond substituents is 1. The number of benzene rings is 2. The predicted octanol–water partition coefficient (Wildman–Crippen LogP) is 3.04. The van der Waals surface area contributed by atoms with Crippen molar-refractivity contribution in [3.8, 4) is 22.1 Å². The van der Waals surface area contributed by atoms with Crippen molar-refractivity contribution < 1.29 is 19.4 Å². The maximum absolute atomic E-state index is 12.2. The largest absolute Gasteiger partial charge is 0.504 e. The molecule has 1 amide bonds. The van der Waals surface area contributed by atoms with Crippen LogP contribution in [0.1, 0.15) is 5.56 Å². The van der Waals surface area contributed by atoms with Crippen LogP contribution in [0.15, 0.2) is 36.4 Å². The van der Waals surface area contributed by atoms with E-state index < -0.39 is 0 Å². The van der Waals surface area contributed by atoms with Crippen LogP contribution >= 0.6 is 11.3 Å². The molecule has 1 aliphatic rings. The van der Waals surface area contributed by atoms with E-state index in [-0.39, 0.29) is 18.3 Å². The molecule has 0 unspecified atom stereocenters. The van der Waals surface area contributed by atoms with Crippen LogP contribution < -0.4 is 4.74 Å². The first-order valence-electron chi connectivity index (χ1n) is 8.27. The number of carbonyl (C=O) groups is 1. The van der Waals surface area contributed by atoms with E-state index in [1.807, 2.05) is 30.3 Å². The summed E-state index contributed by atoms with van der Waals surface area (Å²) in [6, 6.07) is 11.5. The number of hydrogen-bond donors (Lipinski definition) is 1. The van der Waals surface area contributed by atoms with Gasteiger partial charge in [-0.15, -0.1) is 11.3 Å². The van der Waals surface area contributed by atoms with Gasteiger partial charge < -0.3 is 19.5 Å². The Kier molecular flexibility index (Phi) is 4.48. The highest BCUT2D eigenvalue weighted by atomic mass is 32.1. The molecule has 2 aromatic carbocycles. The highest BCUT2D eigenvalue weighted by molar-refractivity contribution is 7.21. The number of thiazole rings is 1. The molecule has 1 aliphatic heterocycles. The van der Waals surface area contributed by atoms with Gasteiger partial charge in [0.25, 0.3) is 0 Å². The van der Waals surface area contributed by atoms with Gasteiger partial charge in [0.2, 0.25) is 5.91 Å². The number of para-hydroxylation sites is 1. The Hall–Kier alpha value is -2.64. The summed E-state index contributed by atoms with van der Waals surface area (Å²) in [4.78, 5) is 18.5. The van der Waals surface area contributed by atoms with Crippen LogP contribution in [0, 0.1) is 0 Å². The molecule has 3 aromatic rings. The maximum Gasteiger partial charge on any atom is 0.248 e. The van der Waals surface area contributed by atoms with Crippen LogP contribution in [-0.2, 0) is 16.1 Å². The summed E-state index contributed by atoms with van der Waals surface area (Å²) in [5.74, 6) is 0.397. The number of amides is 1. The number of rotatable bonds is 3. The van der Waals surface area contributed by atoms with E-state index in [4.69, 9.17) is 9.47 Å². The number of methoxy groups -OCH3 is 1. The standard InChI is InChI=1S/C19H18N2O4S/c1-24-11-17(23)21-6-7-25-18-13(10-21)8-12(9-15(18)22)19-20-14-4-2-3-5-16(14)26-19/h2-5,8-9,22H,6-7,10-11H2,1H3. The summed E-state index contributed by atoms with van der Waals surface area (Å²) in [5, 5.41) is 11.3. The van der Waals surface area contributed by atoms with Gasteiger partial charge in [-0.1, -0.05) is 12.1 Å². The van der Waals surface area contributed by atoms with Gasteiger partial charge >= 0.3 is 0 Å². The summed E-state index contributed by atoms with van der Waals surface area (Å²) in [6.07, 6.45) is 0. The van der Waals surface area contributed by atoms with Crippen LogP contribution in [0.4, 0.5) is 0 Å². The first-order valence-corrected chi connectivity index (χ1v) is 9.08. The van der Waals surface area contributed by atoms with Crippen molar-refractivity contribution in [2.24, 2.45) is 0 Å². The molecule has 1 aromatic heterocycles. The van der Waals surface area contributed by atoms with Gasteiger partial charge in [-0.05, 0) is 24.3 Å². The molecule has 6 nitrogen and oxygen atoms in total. The van der Waals surface area contributed by atoms with Gasteiger partial charge in [0.05, 0.1) is 16.8 Å². The van der Waals surface area contributed by atoms with E-state index in [9.17, 15) is 9.90 Å². The van der Waals surface area contributed by atoms with E-state index >= 15 is 0 Å². The number of carbonyl (C=O) groups excluding carboxylic acids is 1. The number of ether oxygens (including phenoxy) is 2. The first kappa shape index (κ1) is 16.8. The summed E-state index contributed by atoms with van der Waals surface area (Å²) in [5.41, 5.74) is 2.50. The molecule has 0 bridgehead atoms. The number of aromatic hydroxyl groups is 1. The molecule has 7 heteroatoms. The summed E-state index contributed by atoms with van der Waals surface area (Å²) in [7, 11) is 1.50. The summed E-state index contributed by atoms with van der Waals surface area (Å²) in [6.45, 7) is 1.17. The Morgan fingerprint density at radius 1 is 1.38 bits per heavy atom. The molecule has 134 valence electrons. The molecule has 0 atom stereocenters. The predicted molar refractivity (Wildman–Crippen MR) is 99.5 cm³/mol. The molecule has 2 heterocycles. The zero-order chi connectivity index (χ0) is 18.1. The van der Waals surface area contributed by atoms with Crippen molar-refractivity contribution in [1.82, 2.24) is 9.88 Å². The van der Waals surface area contributed by atoms with Gasteiger partial charge in [0.15, 0.2) is 11.5 Å². The molecule has 0 saturated carbocycles. The molecule has 0 fully saturated rings. The van der Waals surface area contributed by atoms with Crippen LogP contribution in [-0.4, -0.2) is 47.8 Å². The first-order chi connectivity index (χ1) is 12.7. The van der Waals surface area contributed by atoms with Crippen molar-refractivity contribution in [1.29, 1.82) is 0 Å². The Morgan fingerprint density at radius 3 is 3.04 bits per heavy atom. The minimum absolute atomic E-state index is 0.0267. The zero-order valence-corrected chi connectivity index (χ0v) is 15.1. The fourth-order valence-electron chi connectivity index (χ4n) is 3.05. The molecule has 1 N–H and O–H groups in total. The number of fused-ring (bicyclic) bond motifs is 2. The minimum atomic E-state index is -0.103. The Balaban J connectivity index is 1.73. The number of phenols is 1. The molecule has 0 radical (unpaired) electrons. The second-order valence-electron chi connectivity index (χ2n) is 6.07. The van der Waals surface area contributed by atoms with Crippen molar-refractivity contribution in [2.75, 3.05) is 26.9 Å². The number of nitrogens with zero attached hydrogens (tertiary/aromatic N) is 2. The second-order valence-corrected chi connectivity index (χ2v) is 7.10. The minimum Gasteiger partial charge on any atom is -0.504 e. The normalized spacial score (nSPS) is 14.0. The lowest BCUT2D eigenvalue weighted by Gasteiger charge is -2.19. The zero-order valence-electron chi connectivity index (χ0n) is 14.3. The van der Waals surface area contributed by atoms with Crippen LogP contribution in [0.3, 0.4) is 0 Å². The van der Waals surface area contributed by atoms with E-state index in [0.29, 0.717) is 25.4 Å². The average Bonchev–Trinajstić information content (AvgIpc) is 2.94. The Morgan fingerprint density at radius 2 is 2.23 bits per heavy atom. The Bertz CT molecular complexity index is 936. The fourth-order valence-corrected chi connectivity index (χ4v) is 4.00. The molecule has 0 saturated heterocycles. The summed E-state index contributed by atoms with van der Waals surface area (Å²) >= 11 is 1.57. The molecule has 0 spiro atoms. The number of hydrogen-bond acceptors (Lipinski definition) is 6. The van der Waals surface area contributed by atoms with Crippen LogP contribution in [0.5, 0.6) is 11.5 Å². The Labute approximate surface area is 154 Å². The lowest BCUT2D eigenvalue weighted by molar-refractivity contribution is -0.135. The third-order valence-electron chi connectivity index (χ3n) is 4.28. The van der Waals surface area contributed by atoms with Crippen molar-refractivity contribution in [2.45, 2.75) is 6.54 Å². The maximum atomic E-state index is 12.2. The lowest BCUT2D eigenvalue weighted by Crippen LogP contribution is -2.34. The van der Waals surface area contributed by atoms with Crippen molar-refractivity contribution >= 4 is 27.5 Å². The van der Waals surface area contributed by atoms with Gasteiger partial charge in [-0.25, -0.2) is 4.98 Å². The summed E-state index contributed by atoms with van der Waals surface area (Å²) < 4.78 is 11.7. The highest BCUT2D eigenvalue weighted by Gasteiger charge is 2.23. The van der Waals surface area contributed by atoms with Crippen LogP contribution in [0.25, 0.3) is 20.8 Å². The van der Waals surface area contributed by atoms with Gasteiger partial charge in [-0.3, -0.25) is 4.79 Å². The SMILES string of the molecule is COCC(=O)N1CCOc2c(O)cc(-c3nc4ccccc4s3)cc2C1. The smallest absolute Gasteiger partial charge is 0.248 e. The third kappa shape index (κ3) is 3.11. The quantitative estimate of drug-likeness (QED) is 0.767. The third-order valence-corrected chi connectivity index (χ3v) is 5.36. The van der Waals surface area contributed by atoms with E-state index in [2.05, 4.69) is 4.98 Å². The monoisotopic (exact) mass is 370 g/mol. The average molecular weight is 370 g/mol. The molecule has 4 rings (SSSR count). The van der Waals surface area contributed by atoms with E-state index in [1.54, 1.807) is 22.3 Å². The molecule has 26 heavy (non-hydrogen) atoms. The number of aromatic nitrogens is 1. The van der Waals surface area contributed by atoms with E-state index in [1.165, 1.54) is 7.11 Å². The van der Waals surface area contributed by atoms with Crippen molar-refractivity contribution in [3.63, 3.8) is 0 Å². The molecular formula is C19H18N2O4S. The van der Waals surface area contributed by atoms with Gasteiger partial charge in [-0.2, -0.15) is 0 Å². The highest BCUT2D eigenvalue weighted by Crippen LogP contribution is 2.39. The lowest BCUT2D eigenvalue weighted by atomic mass is 10.1. The fraction of sp³-hybridized carbons (Fsp3) is 0.263. The molecular weight excluding hydrogens is 352 g/mol.